The molecule has 0 saturated heterocycles. The fourth-order valence-corrected chi connectivity index (χ4v) is 1.38. The summed E-state index contributed by atoms with van der Waals surface area (Å²) in [6.07, 6.45) is 3.59. The van der Waals surface area contributed by atoms with E-state index in [2.05, 4.69) is 15.1 Å². The number of ether oxygens (including phenoxy) is 1. The SMILES string of the molecule is CC(C)OCC(N)c1noc(-c2cn(C)cn2)n1. The molecule has 0 aliphatic carbocycles. The zero-order valence-corrected chi connectivity index (χ0v) is 10.7. The quantitative estimate of drug-likeness (QED) is 0.848. The highest BCUT2D eigenvalue weighted by atomic mass is 16.5. The topological polar surface area (TPSA) is 92.0 Å². The Hall–Kier alpha value is -1.73. The number of rotatable bonds is 5. The molecular weight excluding hydrogens is 234 g/mol. The van der Waals surface area contributed by atoms with Crippen molar-refractivity contribution >= 4 is 0 Å². The molecule has 0 aliphatic rings. The van der Waals surface area contributed by atoms with Gasteiger partial charge in [-0.25, -0.2) is 4.98 Å². The van der Waals surface area contributed by atoms with Crippen LogP contribution in [0.25, 0.3) is 11.6 Å². The van der Waals surface area contributed by atoms with Gasteiger partial charge in [-0.3, -0.25) is 0 Å². The van der Waals surface area contributed by atoms with E-state index < -0.39 is 6.04 Å². The Morgan fingerprint density at radius 1 is 1.50 bits per heavy atom. The van der Waals surface area contributed by atoms with Gasteiger partial charge in [0.15, 0.2) is 5.82 Å². The van der Waals surface area contributed by atoms with Gasteiger partial charge in [0.25, 0.3) is 5.89 Å². The van der Waals surface area contributed by atoms with Gasteiger partial charge < -0.3 is 19.6 Å². The molecule has 2 N–H and O–H groups in total. The molecule has 2 aromatic heterocycles. The second-order valence-corrected chi connectivity index (χ2v) is 4.37. The molecule has 2 aromatic rings. The number of nitrogens with zero attached hydrogens (tertiary/aromatic N) is 4. The van der Waals surface area contributed by atoms with Crippen molar-refractivity contribution in [3.63, 3.8) is 0 Å². The third kappa shape index (κ3) is 2.93. The normalized spacial score (nSPS) is 13.2. The van der Waals surface area contributed by atoms with Crippen LogP contribution in [-0.2, 0) is 11.8 Å². The Morgan fingerprint density at radius 3 is 2.89 bits per heavy atom. The number of aryl methyl sites for hydroxylation is 1. The van der Waals surface area contributed by atoms with Gasteiger partial charge >= 0.3 is 0 Å². The van der Waals surface area contributed by atoms with Gasteiger partial charge in [0.1, 0.15) is 5.69 Å². The van der Waals surface area contributed by atoms with E-state index in [1.54, 1.807) is 17.1 Å². The average Bonchev–Trinajstić information content (AvgIpc) is 2.93. The van der Waals surface area contributed by atoms with E-state index in [4.69, 9.17) is 15.0 Å². The molecular formula is C11H17N5O2. The molecule has 98 valence electrons. The fraction of sp³-hybridized carbons (Fsp3) is 0.545. The molecule has 2 heterocycles. The van der Waals surface area contributed by atoms with Crippen LogP contribution in [0.3, 0.4) is 0 Å². The summed E-state index contributed by atoms with van der Waals surface area (Å²) in [5, 5.41) is 3.84. The van der Waals surface area contributed by atoms with E-state index in [1.807, 2.05) is 20.9 Å². The standard InChI is InChI=1S/C11H17N5O2/c1-7(2)17-5-8(12)10-14-11(18-15-10)9-4-16(3)6-13-9/h4,6-8H,5,12H2,1-3H3. The van der Waals surface area contributed by atoms with Crippen LogP contribution in [0, 0.1) is 0 Å². The van der Waals surface area contributed by atoms with Crippen LogP contribution in [0.15, 0.2) is 17.0 Å². The minimum Gasteiger partial charge on any atom is -0.377 e. The van der Waals surface area contributed by atoms with Gasteiger partial charge in [0.05, 0.1) is 25.1 Å². The summed E-state index contributed by atoms with van der Waals surface area (Å²) in [6, 6.07) is -0.395. The monoisotopic (exact) mass is 251 g/mol. The van der Waals surface area contributed by atoms with Crippen LogP contribution in [0.5, 0.6) is 0 Å². The fourth-order valence-electron chi connectivity index (χ4n) is 1.38. The highest BCUT2D eigenvalue weighted by molar-refractivity contribution is 5.44. The third-order valence-electron chi connectivity index (χ3n) is 2.31. The Bertz CT molecular complexity index is 505. The maximum absolute atomic E-state index is 5.90. The summed E-state index contributed by atoms with van der Waals surface area (Å²) < 4.78 is 12.3. The van der Waals surface area contributed by atoms with Crippen LogP contribution in [-0.4, -0.2) is 32.4 Å². The number of imidazole rings is 1. The maximum Gasteiger partial charge on any atom is 0.278 e. The first-order chi connectivity index (χ1) is 8.56. The second kappa shape index (κ2) is 5.28. The molecule has 0 saturated carbocycles. The first kappa shape index (κ1) is 12.7. The van der Waals surface area contributed by atoms with Crippen molar-refractivity contribution in [1.82, 2.24) is 19.7 Å². The predicted octanol–water partition coefficient (Wildman–Crippen LogP) is 0.895. The van der Waals surface area contributed by atoms with Crippen LogP contribution in [0.2, 0.25) is 0 Å². The van der Waals surface area contributed by atoms with Gasteiger partial charge in [-0.05, 0) is 13.8 Å². The molecule has 0 spiro atoms. The van der Waals surface area contributed by atoms with Crippen molar-refractivity contribution in [2.45, 2.75) is 26.0 Å². The molecule has 18 heavy (non-hydrogen) atoms. The van der Waals surface area contributed by atoms with Crippen molar-refractivity contribution in [1.29, 1.82) is 0 Å². The Balaban J connectivity index is 2.06. The molecule has 0 radical (unpaired) electrons. The maximum atomic E-state index is 5.90. The van der Waals surface area contributed by atoms with Crippen molar-refractivity contribution in [3.8, 4) is 11.6 Å². The average molecular weight is 251 g/mol. The summed E-state index contributed by atoms with van der Waals surface area (Å²) in [6.45, 7) is 4.25. The summed E-state index contributed by atoms with van der Waals surface area (Å²) in [4.78, 5) is 8.34. The van der Waals surface area contributed by atoms with Crippen molar-refractivity contribution in [2.24, 2.45) is 12.8 Å². The lowest BCUT2D eigenvalue weighted by atomic mass is 10.3. The second-order valence-electron chi connectivity index (χ2n) is 4.37. The van der Waals surface area contributed by atoms with Crippen molar-refractivity contribution in [3.05, 3.63) is 18.3 Å². The van der Waals surface area contributed by atoms with E-state index in [-0.39, 0.29) is 6.10 Å². The van der Waals surface area contributed by atoms with Gasteiger partial charge in [0.2, 0.25) is 0 Å². The van der Waals surface area contributed by atoms with E-state index in [1.165, 1.54) is 0 Å². The molecule has 2 rings (SSSR count). The van der Waals surface area contributed by atoms with Gasteiger partial charge in [-0.2, -0.15) is 4.98 Å². The third-order valence-corrected chi connectivity index (χ3v) is 2.31. The van der Waals surface area contributed by atoms with Crippen LogP contribution in [0.1, 0.15) is 25.7 Å². The molecule has 0 amide bonds. The number of aromatic nitrogens is 4. The minimum absolute atomic E-state index is 0.123. The Labute approximate surface area is 105 Å². The van der Waals surface area contributed by atoms with Gasteiger partial charge in [-0.15, -0.1) is 0 Å². The summed E-state index contributed by atoms with van der Waals surface area (Å²) in [7, 11) is 1.87. The summed E-state index contributed by atoms with van der Waals surface area (Å²) in [5.74, 6) is 0.793. The molecule has 7 heteroatoms. The molecule has 1 unspecified atom stereocenters. The van der Waals surface area contributed by atoms with E-state index in [0.717, 1.165) is 0 Å². The number of hydrogen-bond acceptors (Lipinski definition) is 6. The Morgan fingerprint density at radius 2 is 2.28 bits per heavy atom. The van der Waals surface area contributed by atoms with Gasteiger partial charge in [0, 0.05) is 13.2 Å². The lowest BCUT2D eigenvalue weighted by Gasteiger charge is -2.10. The van der Waals surface area contributed by atoms with E-state index >= 15 is 0 Å². The van der Waals surface area contributed by atoms with Crippen LogP contribution in [0.4, 0.5) is 0 Å². The van der Waals surface area contributed by atoms with Crippen molar-refractivity contribution < 1.29 is 9.26 Å². The van der Waals surface area contributed by atoms with Gasteiger partial charge in [-0.1, -0.05) is 5.16 Å². The first-order valence-electron chi connectivity index (χ1n) is 5.75. The lowest BCUT2D eigenvalue weighted by molar-refractivity contribution is 0.0665. The number of nitrogens with two attached hydrogens (primary N) is 1. The molecule has 0 fully saturated rings. The zero-order chi connectivity index (χ0) is 13.1. The first-order valence-corrected chi connectivity index (χ1v) is 5.75. The Kier molecular flexibility index (Phi) is 3.73. The lowest BCUT2D eigenvalue weighted by Crippen LogP contribution is -2.20. The van der Waals surface area contributed by atoms with E-state index in [9.17, 15) is 0 Å². The molecule has 1 atom stereocenters. The summed E-state index contributed by atoms with van der Waals surface area (Å²) in [5.41, 5.74) is 6.54. The van der Waals surface area contributed by atoms with Crippen LogP contribution >= 0.6 is 0 Å². The van der Waals surface area contributed by atoms with Crippen molar-refractivity contribution in [2.75, 3.05) is 6.61 Å². The zero-order valence-electron chi connectivity index (χ0n) is 10.7. The number of hydrogen-bond donors (Lipinski definition) is 1. The smallest absolute Gasteiger partial charge is 0.278 e. The predicted molar refractivity (Wildman–Crippen MR) is 64.5 cm³/mol. The molecule has 0 aliphatic heterocycles. The molecule has 0 bridgehead atoms. The largest absolute Gasteiger partial charge is 0.377 e. The highest BCUT2D eigenvalue weighted by Gasteiger charge is 2.17. The van der Waals surface area contributed by atoms with Crippen LogP contribution < -0.4 is 5.73 Å². The minimum atomic E-state index is -0.395. The molecule has 0 aromatic carbocycles. The molecule has 7 nitrogen and oxygen atoms in total. The highest BCUT2D eigenvalue weighted by Crippen LogP contribution is 2.16. The van der Waals surface area contributed by atoms with E-state index in [0.29, 0.717) is 24.0 Å². The summed E-state index contributed by atoms with van der Waals surface area (Å²) >= 11 is 0.